The zero-order chi connectivity index (χ0) is 30.2. The summed E-state index contributed by atoms with van der Waals surface area (Å²) in [5, 5.41) is 2.79. The third-order valence-electron chi connectivity index (χ3n) is 6.81. The van der Waals surface area contributed by atoms with Crippen LogP contribution in [0.4, 0.5) is 5.69 Å². The molecule has 12 heteroatoms. The van der Waals surface area contributed by atoms with E-state index in [4.69, 9.17) is 9.47 Å². The number of hydrogen-bond donors (Lipinski definition) is 1. The van der Waals surface area contributed by atoms with Crippen LogP contribution in [-0.2, 0) is 26.6 Å². The van der Waals surface area contributed by atoms with Gasteiger partial charge < -0.3 is 14.8 Å². The molecular formula is C30H37N3O7S2. The Morgan fingerprint density at radius 1 is 0.833 bits per heavy atom. The van der Waals surface area contributed by atoms with Gasteiger partial charge in [0.2, 0.25) is 20.0 Å². The highest BCUT2D eigenvalue weighted by Crippen LogP contribution is 2.25. The first-order valence-corrected chi connectivity index (χ1v) is 17.2. The van der Waals surface area contributed by atoms with Crippen LogP contribution >= 0.6 is 0 Å². The van der Waals surface area contributed by atoms with Crippen molar-refractivity contribution in [3.63, 3.8) is 0 Å². The molecule has 0 bridgehead atoms. The maximum absolute atomic E-state index is 12.8. The quantitative estimate of drug-likeness (QED) is 0.288. The lowest BCUT2D eigenvalue weighted by molar-refractivity contribution is 0.0947. The Morgan fingerprint density at radius 3 is 2.02 bits per heavy atom. The molecule has 0 saturated carbocycles. The standard InChI is InChI=1S/C30H37N3O7S2/c1-3-39-27-13-11-26(12-14-27)33(41(2,35)36)23-24-7-9-25(10-8-24)30(34)31-19-22-40-28-15-17-29(18-16-28)42(37,38)32-20-5-4-6-21-32/h7-18H,3-6,19-23H2,1-2H3,(H,31,34). The molecule has 1 fully saturated rings. The van der Waals surface area contributed by atoms with E-state index in [0.29, 0.717) is 42.4 Å². The number of benzene rings is 3. The smallest absolute Gasteiger partial charge is 0.251 e. The first-order chi connectivity index (χ1) is 20.1. The number of hydrogen-bond acceptors (Lipinski definition) is 7. The lowest BCUT2D eigenvalue weighted by atomic mass is 10.1. The Hall–Kier alpha value is -3.61. The molecule has 0 unspecified atom stereocenters. The molecule has 0 aromatic heterocycles. The average Bonchev–Trinajstić information content (AvgIpc) is 2.99. The molecule has 3 aromatic rings. The van der Waals surface area contributed by atoms with Crippen molar-refractivity contribution in [1.82, 2.24) is 9.62 Å². The second kappa shape index (κ2) is 14.0. The summed E-state index contributed by atoms with van der Waals surface area (Å²) in [6, 6.07) is 19.9. The summed E-state index contributed by atoms with van der Waals surface area (Å²) in [5.74, 6) is 0.876. The number of piperidine rings is 1. The van der Waals surface area contributed by atoms with Crippen LogP contribution in [-0.4, -0.2) is 66.2 Å². The Bertz CT molecular complexity index is 1540. The summed E-state index contributed by atoms with van der Waals surface area (Å²) in [6.07, 6.45) is 3.96. The monoisotopic (exact) mass is 615 g/mol. The molecule has 226 valence electrons. The Balaban J connectivity index is 1.27. The van der Waals surface area contributed by atoms with Gasteiger partial charge in [0.1, 0.15) is 18.1 Å². The van der Waals surface area contributed by atoms with Crippen LogP contribution in [0, 0.1) is 0 Å². The number of carbonyl (C=O) groups excluding carboxylic acids is 1. The second-order valence-corrected chi connectivity index (χ2v) is 13.8. The summed E-state index contributed by atoms with van der Waals surface area (Å²) >= 11 is 0. The summed E-state index contributed by atoms with van der Waals surface area (Å²) in [4.78, 5) is 12.8. The molecule has 1 heterocycles. The highest BCUT2D eigenvalue weighted by Gasteiger charge is 2.25. The van der Waals surface area contributed by atoms with Crippen LogP contribution in [0.5, 0.6) is 11.5 Å². The molecule has 1 aliphatic rings. The first-order valence-electron chi connectivity index (χ1n) is 13.9. The fourth-order valence-corrected chi connectivity index (χ4v) is 7.01. The van der Waals surface area contributed by atoms with E-state index in [2.05, 4.69) is 5.32 Å². The molecule has 1 aliphatic heterocycles. The van der Waals surface area contributed by atoms with Gasteiger partial charge in [-0.2, -0.15) is 4.31 Å². The van der Waals surface area contributed by atoms with E-state index < -0.39 is 20.0 Å². The van der Waals surface area contributed by atoms with Gasteiger partial charge in [-0.25, -0.2) is 16.8 Å². The number of rotatable bonds is 13. The van der Waals surface area contributed by atoms with Gasteiger partial charge in [-0.3, -0.25) is 9.10 Å². The number of sulfonamides is 2. The number of ether oxygens (including phenoxy) is 2. The van der Waals surface area contributed by atoms with Crippen LogP contribution < -0.4 is 19.1 Å². The van der Waals surface area contributed by atoms with Crippen molar-refractivity contribution >= 4 is 31.6 Å². The van der Waals surface area contributed by atoms with Gasteiger partial charge in [0.25, 0.3) is 5.91 Å². The molecule has 3 aromatic carbocycles. The minimum Gasteiger partial charge on any atom is -0.494 e. The van der Waals surface area contributed by atoms with Crippen LogP contribution in [0.15, 0.2) is 77.7 Å². The number of carbonyl (C=O) groups is 1. The van der Waals surface area contributed by atoms with Crippen LogP contribution in [0.25, 0.3) is 0 Å². The predicted octanol–water partition coefficient (Wildman–Crippen LogP) is 4.03. The fraction of sp³-hybridized carbons (Fsp3) is 0.367. The van der Waals surface area contributed by atoms with Crippen molar-refractivity contribution in [3.8, 4) is 11.5 Å². The number of anilines is 1. The predicted molar refractivity (Wildman–Crippen MR) is 162 cm³/mol. The van der Waals surface area contributed by atoms with Gasteiger partial charge >= 0.3 is 0 Å². The molecule has 10 nitrogen and oxygen atoms in total. The molecular weight excluding hydrogens is 578 g/mol. The summed E-state index contributed by atoms with van der Waals surface area (Å²) in [5.41, 5.74) is 1.67. The Kier molecular flexibility index (Phi) is 10.5. The average molecular weight is 616 g/mol. The molecule has 0 atom stereocenters. The highest BCUT2D eigenvalue weighted by atomic mass is 32.2. The van der Waals surface area contributed by atoms with Gasteiger partial charge in [0.15, 0.2) is 0 Å². The number of nitrogens with one attached hydrogen (secondary N) is 1. The first kappa shape index (κ1) is 31.3. The summed E-state index contributed by atoms with van der Waals surface area (Å²) in [7, 11) is -7.05. The van der Waals surface area contributed by atoms with E-state index >= 15 is 0 Å². The SMILES string of the molecule is CCOc1ccc(N(Cc2ccc(C(=O)NCCOc3ccc(S(=O)(=O)N4CCCCC4)cc3)cc2)S(C)(=O)=O)cc1. The lowest BCUT2D eigenvalue weighted by Gasteiger charge is -2.25. The molecule has 1 saturated heterocycles. The van der Waals surface area contributed by atoms with Gasteiger partial charge in [-0.1, -0.05) is 18.6 Å². The molecule has 1 N–H and O–H groups in total. The summed E-state index contributed by atoms with van der Waals surface area (Å²) < 4.78 is 64.5. The number of nitrogens with zero attached hydrogens (tertiary/aromatic N) is 2. The normalized spacial score (nSPS) is 14.2. The fourth-order valence-electron chi connectivity index (χ4n) is 4.60. The van der Waals surface area contributed by atoms with Crippen LogP contribution in [0.3, 0.4) is 0 Å². The lowest BCUT2D eigenvalue weighted by Crippen LogP contribution is -2.35. The van der Waals surface area contributed by atoms with Crippen molar-refractivity contribution < 1.29 is 31.1 Å². The Labute approximate surface area is 248 Å². The topological polar surface area (TPSA) is 122 Å². The number of amides is 1. The van der Waals surface area contributed by atoms with Crippen molar-refractivity contribution in [2.24, 2.45) is 0 Å². The van der Waals surface area contributed by atoms with Gasteiger partial charge in [0, 0.05) is 18.7 Å². The summed E-state index contributed by atoms with van der Waals surface area (Å²) in [6.45, 7) is 4.05. The van der Waals surface area contributed by atoms with E-state index in [-0.39, 0.29) is 30.5 Å². The third-order valence-corrected chi connectivity index (χ3v) is 9.86. The van der Waals surface area contributed by atoms with Crippen LogP contribution in [0.2, 0.25) is 0 Å². The molecule has 0 aliphatic carbocycles. The molecule has 42 heavy (non-hydrogen) atoms. The van der Waals surface area contributed by atoms with Crippen molar-refractivity contribution in [3.05, 3.63) is 83.9 Å². The molecule has 0 radical (unpaired) electrons. The van der Waals surface area contributed by atoms with Crippen molar-refractivity contribution in [2.75, 3.05) is 43.4 Å². The van der Waals surface area contributed by atoms with Gasteiger partial charge in [0.05, 0.1) is 36.5 Å². The van der Waals surface area contributed by atoms with Crippen molar-refractivity contribution in [2.45, 2.75) is 37.6 Å². The van der Waals surface area contributed by atoms with Crippen molar-refractivity contribution in [1.29, 1.82) is 0 Å². The molecule has 1 amide bonds. The second-order valence-electron chi connectivity index (χ2n) is 9.93. The molecule has 0 spiro atoms. The maximum Gasteiger partial charge on any atom is 0.251 e. The third kappa shape index (κ3) is 8.24. The van der Waals surface area contributed by atoms with Crippen LogP contribution in [0.1, 0.15) is 42.1 Å². The minimum absolute atomic E-state index is 0.112. The highest BCUT2D eigenvalue weighted by molar-refractivity contribution is 7.92. The van der Waals surface area contributed by atoms with E-state index in [1.54, 1.807) is 72.8 Å². The van der Waals surface area contributed by atoms with Gasteiger partial charge in [-0.15, -0.1) is 0 Å². The minimum atomic E-state index is -3.55. The Morgan fingerprint density at radius 2 is 1.43 bits per heavy atom. The largest absolute Gasteiger partial charge is 0.494 e. The molecule has 4 rings (SSSR count). The maximum atomic E-state index is 12.8. The zero-order valence-corrected chi connectivity index (χ0v) is 25.5. The van der Waals surface area contributed by atoms with Gasteiger partial charge in [-0.05, 0) is 86.0 Å². The van der Waals surface area contributed by atoms with E-state index in [9.17, 15) is 21.6 Å². The zero-order valence-electron chi connectivity index (χ0n) is 23.9. The van der Waals surface area contributed by atoms with E-state index in [0.717, 1.165) is 31.1 Å². The van der Waals surface area contributed by atoms with E-state index in [1.165, 1.54) is 8.61 Å². The van der Waals surface area contributed by atoms with E-state index in [1.807, 2.05) is 6.92 Å².